The Morgan fingerprint density at radius 3 is 2.82 bits per heavy atom. The Balaban J connectivity index is 1.72. The number of anilines is 1. The number of para-hydroxylation sites is 1. The van der Waals surface area contributed by atoms with E-state index in [1.54, 1.807) is 7.11 Å². The number of benzene rings is 2. The van der Waals surface area contributed by atoms with Gasteiger partial charge in [0.15, 0.2) is 0 Å². The van der Waals surface area contributed by atoms with E-state index in [0.717, 1.165) is 17.0 Å². The average molecular weight is 316 g/mol. The van der Waals surface area contributed by atoms with Gasteiger partial charge in [0.05, 0.1) is 24.4 Å². The molecule has 0 bridgehead atoms. The fraction of sp³-hybridized carbons (Fsp3) is 0.125. The van der Waals surface area contributed by atoms with Crippen molar-refractivity contribution in [3.8, 4) is 17.2 Å². The van der Waals surface area contributed by atoms with Crippen LogP contribution in [0.15, 0.2) is 52.9 Å². The van der Waals surface area contributed by atoms with Gasteiger partial charge >= 0.3 is 0 Å². The summed E-state index contributed by atoms with van der Waals surface area (Å²) in [6.07, 6.45) is 0. The van der Waals surface area contributed by atoms with E-state index in [-0.39, 0.29) is 0 Å². The molecule has 0 aliphatic carbocycles. The topological polar surface area (TPSA) is 60.2 Å². The van der Waals surface area contributed by atoms with Crippen LogP contribution in [0.1, 0.15) is 5.89 Å². The first-order valence-corrected chi connectivity index (χ1v) is 7.09. The third kappa shape index (κ3) is 3.20. The first kappa shape index (κ1) is 14.4. The highest BCUT2D eigenvalue weighted by Gasteiger charge is 2.09. The number of methoxy groups -OCH3 is 1. The molecule has 0 radical (unpaired) electrons. The Morgan fingerprint density at radius 2 is 2.00 bits per heavy atom. The molecule has 1 heterocycles. The van der Waals surface area contributed by atoms with E-state index in [2.05, 4.69) is 15.5 Å². The minimum absolute atomic E-state index is 0.403. The maximum Gasteiger partial charge on any atom is 0.247 e. The van der Waals surface area contributed by atoms with Crippen LogP contribution in [-0.2, 0) is 6.54 Å². The highest BCUT2D eigenvalue weighted by atomic mass is 35.5. The predicted octanol–water partition coefficient (Wildman–Crippen LogP) is 4.01. The Bertz CT molecular complexity index is 773. The van der Waals surface area contributed by atoms with E-state index in [1.807, 2.05) is 48.5 Å². The molecule has 1 aromatic heterocycles. The van der Waals surface area contributed by atoms with Crippen LogP contribution in [0.3, 0.4) is 0 Å². The van der Waals surface area contributed by atoms with E-state index in [1.165, 1.54) is 0 Å². The summed E-state index contributed by atoms with van der Waals surface area (Å²) in [5, 5.41) is 11.9. The number of nitrogens with one attached hydrogen (secondary N) is 1. The lowest BCUT2D eigenvalue weighted by atomic mass is 10.2. The quantitative estimate of drug-likeness (QED) is 0.770. The van der Waals surface area contributed by atoms with Gasteiger partial charge in [0, 0.05) is 5.56 Å². The van der Waals surface area contributed by atoms with Crippen LogP contribution in [0.2, 0.25) is 5.02 Å². The van der Waals surface area contributed by atoms with Gasteiger partial charge in [0.1, 0.15) is 5.75 Å². The second kappa shape index (κ2) is 6.49. The Labute approximate surface area is 132 Å². The van der Waals surface area contributed by atoms with Crippen molar-refractivity contribution in [3.05, 3.63) is 59.4 Å². The van der Waals surface area contributed by atoms with Crippen LogP contribution >= 0.6 is 11.6 Å². The van der Waals surface area contributed by atoms with E-state index in [4.69, 9.17) is 20.8 Å². The number of aromatic nitrogens is 2. The lowest BCUT2D eigenvalue weighted by Crippen LogP contribution is -1.99. The molecule has 0 aliphatic heterocycles. The molecule has 0 spiro atoms. The first-order chi connectivity index (χ1) is 10.8. The van der Waals surface area contributed by atoms with Crippen molar-refractivity contribution in [3.63, 3.8) is 0 Å². The molecule has 0 atom stereocenters. The monoisotopic (exact) mass is 315 g/mol. The molecular weight excluding hydrogens is 302 g/mol. The summed E-state index contributed by atoms with van der Waals surface area (Å²) < 4.78 is 10.8. The molecule has 0 unspecified atom stereocenters. The van der Waals surface area contributed by atoms with Crippen LogP contribution in [-0.4, -0.2) is 17.3 Å². The van der Waals surface area contributed by atoms with Crippen molar-refractivity contribution in [1.82, 2.24) is 10.2 Å². The molecule has 5 nitrogen and oxygen atoms in total. The van der Waals surface area contributed by atoms with E-state index in [9.17, 15) is 0 Å². The van der Waals surface area contributed by atoms with Crippen molar-refractivity contribution in [1.29, 1.82) is 0 Å². The zero-order chi connectivity index (χ0) is 15.4. The summed E-state index contributed by atoms with van der Waals surface area (Å²) >= 11 is 6.08. The molecule has 0 saturated carbocycles. The number of rotatable bonds is 5. The number of ether oxygens (including phenoxy) is 1. The van der Waals surface area contributed by atoms with Gasteiger partial charge in [-0.2, -0.15) is 0 Å². The summed E-state index contributed by atoms with van der Waals surface area (Å²) in [5.74, 6) is 1.68. The van der Waals surface area contributed by atoms with E-state index in [0.29, 0.717) is 23.3 Å². The van der Waals surface area contributed by atoms with Crippen molar-refractivity contribution < 1.29 is 9.15 Å². The third-order valence-corrected chi connectivity index (χ3v) is 3.42. The highest BCUT2D eigenvalue weighted by Crippen LogP contribution is 2.24. The van der Waals surface area contributed by atoms with Crippen LogP contribution in [0.4, 0.5) is 5.69 Å². The molecular formula is C16H14ClN3O2. The minimum Gasteiger partial charge on any atom is -0.497 e. The second-order valence-corrected chi connectivity index (χ2v) is 4.97. The molecule has 112 valence electrons. The lowest BCUT2D eigenvalue weighted by Gasteiger charge is -2.04. The second-order valence-electron chi connectivity index (χ2n) is 4.57. The zero-order valence-electron chi connectivity index (χ0n) is 11.9. The average Bonchev–Trinajstić information content (AvgIpc) is 3.03. The van der Waals surface area contributed by atoms with Gasteiger partial charge in [-0.25, -0.2) is 0 Å². The van der Waals surface area contributed by atoms with Crippen LogP contribution < -0.4 is 10.1 Å². The summed E-state index contributed by atoms with van der Waals surface area (Å²) in [5.41, 5.74) is 1.64. The standard InChI is InChI=1S/C16H14ClN3O2/c1-21-12-6-4-5-11(9-12)16-20-19-15(22-16)10-18-14-8-3-2-7-13(14)17/h2-9,18H,10H2,1H3. The SMILES string of the molecule is COc1cccc(-c2nnc(CNc3ccccc3Cl)o2)c1. The summed E-state index contributed by atoms with van der Waals surface area (Å²) in [6.45, 7) is 0.403. The number of halogens is 1. The smallest absolute Gasteiger partial charge is 0.247 e. The maximum absolute atomic E-state index is 6.08. The molecule has 22 heavy (non-hydrogen) atoms. The van der Waals surface area contributed by atoms with Crippen LogP contribution in [0.25, 0.3) is 11.5 Å². The van der Waals surface area contributed by atoms with Crippen molar-refractivity contribution in [2.75, 3.05) is 12.4 Å². The molecule has 3 rings (SSSR count). The molecule has 0 amide bonds. The van der Waals surface area contributed by atoms with Gasteiger partial charge in [-0.1, -0.05) is 29.8 Å². The third-order valence-electron chi connectivity index (χ3n) is 3.09. The molecule has 0 aliphatic rings. The molecule has 6 heteroatoms. The van der Waals surface area contributed by atoms with Gasteiger partial charge < -0.3 is 14.5 Å². The Morgan fingerprint density at radius 1 is 1.14 bits per heavy atom. The summed E-state index contributed by atoms with van der Waals surface area (Å²) in [6, 6.07) is 15.0. The molecule has 3 aromatic rings. The van der Waals surface area contributed by atoms with E-state index < -0.39 is 0 Å². The van der Waals surface area contributed by atoms with Crippen molar-refractivity contribution in [2.45, 2.75) is 6.54 Å². The number of hydrogen-bond donors (Lipinski definition) is 1. The zero-order valence-corrected chi connectivity index (χ0v) is 12.7. The molecule has 1 N–H and O–H groups in total. The highest BCUT2D eigenvalue weighted by molar-refractivity contribution is 6.33. The van der Waals surface area contributed by atoms with Crippen LogP contribution in [0, 0.1) is 0 Å². The van der Waals surface area contributed by atoms with Gasteiger partial charge in [-0.15, -0.1) is 10.2 Å². The lowest BCUT2D eigenvalue weighted by molar-refractivity contribution is 0.414. The largest absolute Gasteiger partial charge is 0.497 e. The molecule has 0 saturated heterocycles. The fourth-order valence-corrected chi connectivity index (χ4v) is 2.18. The van der Waals surface area contributed by atoms with Crippen LogP contribution in [0.5, 0.6) is 5.75 Å². The van der Waals surface area contributed by atoms with Gasteiger partial charge in [-0.3, -0.25) is 0 Å². The number of nitrogens with zero attached hydrogens (tertiary/aromatic N) is 2. The predicted molar refractivity (Wildman–Crippen MR) is 85.1 cm³/mol. The van der Waals surface area contributed by atoms with Crippen molar-refractivity contribution in [2.24, 2.45) is 0 Å². The molecule has 2 aromatic carbocycles. The Kier molecular flexibility index (Phi) is 4.25. The first-order valence-electron chi connectivity index (χ1n) is 6.71. The fourth-order valence-electron chi connectivity index (χ4n) is 1.97. The summed E-state index contributed by atoms with van der Waals surface area (Å²) in [7, 11) is 1.62. The maximum atomic E-state index is 6.08. The number of hydrogen-bond acceptors (Lipinski definition) is 5. The van der Waals surface area contributed by atoms with E-state index >= 15 is 0 Å². The Hall–Kier alpha value is -2.53. The normalized spacial score (nSPS) is 10.5. The van der Waals surface area contributed by atoms with Gasteiger partial charge in [0.2, 0.25) is 11.8 Å². The van der Waals surface area contributed by atoms with Crippen molar-refractivity contribution >= 4 is 17.3 Å². The van der Waals surface area contributed by atoms with Gasteiger partial charge in [0.25, 0.3) is 0 Å². The van der Waals surface area contributed by atoms with Gasteiger partial charge in [-0.05, 0) is 30.3 Å². The summed E-state index contributed by atoms with van der Waals surface area (Å²) in [4.78, 5) is 0. The minimum atomic E-state index is 0.403. The molecule has 0 fully saturated rings.